The molecule has 0 spiro atoms. The molecule has 0 radical (unpaired) electrons. The van der Waals surface area contributed by atoms with E-state index in [2.05, 4.69) is 5.32 Å². The van der Waals surface area contributed by atoms with E-state index >= 15 is 0 Å². The van der Waals surface area contributed by atoms with Crippen LogP contribution in [0.4, 0.5) is 0 Å². The number of hydrogen-bond acceptors (Lipinski definition) is 4. The van der Waals surface area contributed by atoms with Crippen LogP contribution in [0.5, 0.6) is 0 Å². The lowest BCUT2D eigenvalue weighted by Crippen LogP contribution is -2.46. The number of piperazine rings is 1. The second-order valence-electron chi connectivity index (χ2n) is 5.40. The summed E-state index contributed by atoms with van der Waals surface area (Å²) in [7, 11) is -3.13. The van der Waals surface area contributed by atoms with E-state index in [4.69, 9.17) is 0 Å². The number of hydrogen-bond donors (Lipinski definition) is 1. The molecular weight excluding hydrogens is 288 g/mol. The molecule has 1 aromatic rings. The zero-order valence-corrected chi connectivity index (χ0v) is 13.2. The Morgan fingerprint density at radius 3 is 2.38 bits per heavy atom. The van der Waals surface area contributed by atoms with Crippen LogP contribution in [0.1, 0.15) is 18.4 Å². The van der Waals surface area contributed by atoms with Gasteiger partial charge in [0.25, 0.3) is 0 Å². The number of carbonyl (C=O) groups excluding carboxylic acids is 1. The second kappa shape index (κ2) is 7.04. The molecule has 1 fully saturated rings. The summed E-state index contributed by atoms with van der Waals surface area (Å²) in [5.74, 6) is 0.212. The molecule has 0 atom stereocenters. The fourth-order valence-electron chi connectivity index (χ4n) is 2.42. The average Bonchev–Trinajstić information content (AvgIpc) is 2.47. The van der Waals surface area contributed by atoms with Crippen molar-refractivity contribution < 1.29 is 13.2 Å². The van der Waals surface area contributed by atoms with Gasteiger partial charge in [-0.1, -0.05) is 12.1 Å². The highest BCUT2D eigenvalue weighted by Crippen LogP contribution is 2.12. The molecule has 0 aromatic heterocycles. The van der Waals surface area contributed by atoms with Crippen molar-refractivity contribution in [1.82, 2.24) is 10.2 Å². The Morgan fingerprint density at radius 1 is 1.19 bits per heavy atom. The van der Waals surface area contributed by atoms with Crippen molar-refractivity contribution in [2.24, 2.45) is 0 Å². The van der Waals surface area contributed by atoms with Crippen molar-refractivity contribution in [2.75, 3.05) is 32.4 Å². The van der Waals surface area contributed by atoms with E-state index in [-0.39, 0.29) is 5.91 Å². The average molecular weight is 310 g/mol. The number of aryl methyl sites for hydroxylation is 1. The zero-order valence-electron chi connectivity index (χ0n) is 12.3. The Bertz CT molecular complexity index is 575. The fourth-order valence-corrected chi connectivity index (χ4v) is 3.05. The van der Waals surface area contributed by atoms with Gasteiger partial charge in [0, 0.05) is 38.9 Å². The van der Waals surface area contributed by atoms with Crippen molar-refractivity contribution >= 4 is 15.7 Å². The van der Waals surface area contributed by atoms with Gasteiger partial charge in [-0.2, -0.15) is 0 Å². The Kier molecular flexibility index (Phi) is 5.36. The quantitative estimate of drug-likeness (QED) is 0.875. The summed E-state index contributed by atoms with van der Waals surface area (Å²) >= 11 is 0. The zero-order chi connectivity index (χ0) is 15.3. The molecule has 116 valence electrons. The van der Waals surface area contributed by atoms with Crippen molar-refractivity contribution in [1.29, 1.82) is 0 Å². The van der Waals surface area contributed by atoms with Crippen LogP contribution in [0.2, 0.25) is 0 Å². The lowest BCUT2D eigenvalue weighted by molar-refractivity contribution is -0.131. The van der Waals surface area contributed by atoms with Gasteiger partial charge in [-0.05, 0) is 30.5 Å². The molecule has 0 saturated carbocycles. The minimum Gasteiger partial charge on any atom is -0.340 e. The van der Waals surface area contributed by atoms with Crippen LogP contribution in [-0.4, -0.2) is 51.7 Å². The Labute approximate surface area is 126 Å². The van der Waals surface area contributed by atoms with Crippen LogP contribution in [0, 0.1) is 0 Å². The smallest absolute Gasteiger partial charge is 0.222 e. The third kappa shape index (κ3) is 4.82. The maximum atomic E-state index is 12.0. The first-order valence-electron chi connectivity index (χ1n) is 7.24. The molecule has 1 aliphatic heterocycles. The normalized spacial score (nSPS) is 16.0. The SMILES string of the molecule is CS(=O)(=O)c1ccc(CCCC(=O)N2CCNCC2)cc1. The monoisotopic (exact) mass is 310 g/mol. The van der Waals surface area contributed by atoms with E-state index in [1.807, 2.05) is 17.0 Å². The van der Waals surface area contributed by atoms with Gasteiger partial charge in [0.1, 0.15) is 0 Å². The number of amides is 1. The van der Waals surface area contributed by atoms with Gasteiger partial charge in [0.2, 0.25) is 5.91 Å². The van der Waals surface area contributed by atoms with Crippen LogP contribution in [0.15, 0.2) is 29.2 Å². The minimum absolute atomic E-state index is 0.212. The van der Waals surface area contributed by atoms with E-state index in [1.54, 1.807) is 12.1 Å². The van der Waals surface area contributed by atoms with Crippen LogP contribution in [0.25, 0.3) is 0 Å². The highest BCUT2D eigenvalue weighted by molar-refractivity contribution is 7.90. The van der Waals surface area contributed by atoms with Crippen molar-refractivity contribution in [3.63, 3.8) is 0 Å². The van der Waals surface area contributed by atoms with Crippen LogP contribution in [-0.2, 0) is 21.1 Å². The fraction of sp³-hybridized carbons (Fsp3) is 0.533. The Hall–Kier alpha value is -1.40. The highest BCUT2D eigenvalue weighted by atomic mass is 32.2. The standard InChI is InChI=1S/C15H22N2O3S/c1-21(19,20)14-7-5-13(6-8-14)3-2-4-15(18)17-11-9-16-10-12-17/h5-8,16H,2-4,9-12H2,1H3. The first kappa shape index (κ1) is 16.0. The summed E-state index contributed by atoms with van der Waals surface area (Å²) in [5.41, 5.74) is 1.07. The number of rotatable bonds is 5. The molecule has 0 bridgehead atoms. The molecule has 5 nitrogen and oxygen atoms in total. The summed E-state index contributed by atoms with van der Waals surface area (Å²) in [4.78, 5) is 14.2. The molecule has 1 amide bonds. The largest absolute Gasteiger partial charge is 0.340 e. The number of nitrogens with zero attached hydrogens (tertiary/aromatic N) is 1. The molecule has 1 aromatic carbocycles. The van der Waals surface area contributed by atoms with E-state index in [9.17, 15) is 13.2 Å². The van der Waals surface area contributed by atoms with Crippen molar-refractivity contribution in [2.45, 2.75) is 24.2 Å². The Balaban J connectivity index is 1.79. The van der Waals surface area contributed by atoms with Crippen LogP contribution < -0.4 is 5.32 Å². The van der Waals surface area contributed by atoms with E-state index in [1.165, 1.54) is 6.26 Å². The molecule has 2 rings (SSSR count). The van der Waals surface area contributed by atoms with Crippen LogP contribution >= 0.6 is 0 Å². The van der Waals surface area contributed by atoms with Gasteiger partial charge in [-0.25, -0.2) is 8.42 Å². The summed E-state index contributed by atoms with van der Waals surface area (Å²) in [6, 6.07) is 6.91. The molecule has 1 heterocycles. The second-order valence-corrected chi connectivity index (χ2v) is 7.42. The van der Waals surface area contributed by atoms with E-state index in [0.717, 1.165) is 44.6 Å². The molecule has 0 unspecified atom stereocenters. The molecule has 21 heavy (non-hydrogen) atoms. The summed E-state index contributed by atoms with van der Waals surface area (Å²) in [6.07, 6.45) is 3.34. The first-order valence-corrected chi connectivity index (χ1v) is 9.13. The van der Waals surface area contributed by atoms with Gasteiger partial charge in [-0.15, -0.1) is 0 Å². The first-order chi connectivity index (χ1) is 9.97. The highest BCUT2D eigenvalue weighted by Gasteiger charge is 2.15. The van der Waals surface area contributed by atoms with Gasteiger partial charge in [0.15, 0.2) is 9.84 Å². The predicted molar refractivity (Wildman–Crippen MR) is 81.9 cm³/mol. The molecule has 6 heteroatoms. The Morgan fingerprint density at radius 2 is 1.81 bits per heavy atom. The summed E-state index contributed by atoms with van der Waals surface area (Å²) in [5, 5.41) is 3.23. The number of nitrogens with one attached hydrogen (secondary N) is 1. The summed E-state index contributed by atoms with van der Waals surface area (Å²) < 4.78 is 22.7. The molecule has 1 aliphatic rings. The number of benzene rings is 1. The lowest BCUT2D eigenvalue weighted by atomic mass is 10.1. The van der Waals surface area contributed by atoms with Gasteiger partial charge in [0.05, 0.1) is 4.90 Å². The maximum Gasteiger partial charge on any atom is 0.222 e. The predicted octanol–water partition coefficient (Wildman–Crippen LogP) is 0.845. The van der Waals surface area contributed by atoms with Crippen molar-refractivity contribution in [3.8, 4) is 0 Å². The number of carbonyl (C=O) groups is 1. The summed E-state index contributed by atoms with van der Waals surface area (Å²) in [6.45, 7) is 3.33. The molecular formula is C15H22N2O3S. The van der Waals surface area contributed by atoms with Crippen LogP contribution in [0.3, 0.4) is 0 Å². The lowest BCUT2D eigenvalue weighted by Gasteiger charge is -2.27. The maximum absolute atomic E-state index is 12.0. The van der Waals surface area contributed by atoms with E-state index < -0.39 is 9.84 Å². The van der Waals surface area contributed by atoms with Gasteiger partial charge >= 0.3 is 0 Å². The third-order valence-electron chi connectivity index (χ3n) is 3.68. The minimum atomic E-state index is -3.13. The third-order valence-corrected chi connectivity index (χ3v) is 4.81. The topological polar surface area (TPSA) is 66.5 Å². The van der Waals surface area contributed by atoms with Crippen molar-refractivity contribution in [3.05, 3.63) is 29.8 Å². The van der Waals surface area contributed by atoms with Gasteiger partial charge < -0.3 is 10.2 Å². The van der Waals surface area contributed by atoms with E-state index in [0.29, 0.717) is 11.3 Å². The molecule has 1 N–H and O–H groups in total. The number of sulfone groups is 1. The molecule has 0 aliphatic carbocycles. The molecule has 1 saturated heterocycles. The van der Waals surface area contributed by atoms with Gasteiger partial charge in [-0.3, -0.25) is 4.79 Å².